The van der Waals surface area contributed by atoms with E-state index in [-0.39, 0.29) is 11.7 Å². The van der Waals surface area contributed by atoms with Gasteiger partial charge in [-0.15, -0.1) is 0 Å². The first-order chi connectivity index (χ1) is 21.9. The Bertz CT molecular complexity index is 1620. The number of benzene rings is 3. The van der Waals surface area contributed by atoms with Gasteiger partial charge in [-0.2, -0.15) is 0 Å². The Morgan fingerprint density at radius 1 is 0.844 bits per heavy atom. The van der Waals surface area contributed by atoms with Crippen LogP contribution in [0.15, 0.2) is 96.2 Å². The summed E-state index contributed by atoms with van der Waals surface area (Å²) in [7, 11) is 0. The quantitative estimate of drug-likeness (QED) is 0.107. The van der Waals surface area contributed by atoms with E-state index in [1.165, 1.54) is 17.3 Å². The van der Waals surface area contributed by atoms with Crippen molar-refractivity contribution in [1.82, 2.24) is 14.9 Å². The summed E-state index contributed by atoms with van der Waals surface area (Å²) in [5.74, 6) is 2.33. The zero-order valence-corrected chi connectivity index (χ0v) is 27.3. The van der Waals surface area contributed by atoms with Crippen LogP contribution in [0.5, 0.6) is 0 Å². The van der Waals surface area contributed by atoms with Crippen LogP contribution in [0.1, 0.15) is 59.7 Å². The highest BCUT2D eigenvalue weighted by Crippen LogP contribution is 2.38. The van der Waals surface area contributed by atoms with Crippen LogP contribution < -0.4 is 4.90 Å². The van der Waals surface area contributed by atoms with Crippen molar-refractivity contribution in [2.24, 2.45) is 5.92 Å². The standard InChI is InChI=1S/C37H39ClN4O2S/c1-27(43)37(32-13-6-3-7-14-32)17-21-41(22-18-37)34-25-33(38)39-36(40-34)45-26-30-11-8-12-31(24-30)35(44)42-19-15-29(16-20-42)23-28-9-4-2-5-10-28/h2-14,24-25,29H,15-23,26H2,1H3. The molecule has 0 atom stereocenters. The van der Waals surface area contributed by atoms with Crippen molar-refractivity contribution < 1.29 is 9.59 Å². The fourth-order valence-electron chi connectivity index (χ4n) is 6.74. The van der Waals surface area contributed by atoms with Gasteiger partial charge in [-0.3, -0.25) is 9.59 Å². The maximum Gasteiger partial charge on any atom is 0.253 e. The molecule has 8 heteroatoms. The van der Waals surface area contributed by atoms with Gasteiger partial charge in [0, 0.05) is 43.6 Å². The van der Waals surface area contributed by atoms with Crippen LogP contribution in [0.25, 0.3) is 0 Å². The lowest BCUT2D eigenvalue weighted by atomic mass is 9.70. The van der Waals surface area contributed by atoms with E-state index in [2.05, 4.69) is 52.3 Å². The molecule has 0 spiro atoms. The molecule has 6 rings (SSSR count). The lowest BCUT2D eigenvalue weighted by Gasteiger charge is -2.41. The minimum Gasteiger partial charge on any atom is -0.356 e. The highest BCUT2D eigenvalue weighted by molar-refractivity contribution is 7.98. The van der Waals surface area contributed by atoms with Gasteiger partial charge in [-0.05, 0) is 73.8 Å². The highest BCUT2D eigenvalue weighted by Gasteiger charge is 2.40. The Hall–Kier alpha value is -3.68. The van der Waals surface area contributed by atoms with Crippen LogP contribution in [0.3, 0.4) is 0 Å². The van der Waals surface area contributed by atoms with Crippen LogP contribution in [0, 0.1) is 5.92 Å². The zero-order chi connectivity index (χ0) is 31.2. The summed E-state index contributed by atoms with van der Waals surface area (Å²) >= 11 is 7.98. The molecule has 2 saturated heterocycles. The second-order valence-corrected chi connectivity index (χ2v) is 13.6. The molecule has 1 amide bonds. The van der Waals surface area contributed by atoms with Gasteiger partial charge in [-0.25, -0.2) is 9.97 Å². The van der Waals surface area contributed by atoms with Gasteiger partial charge in [-0.1, -0.05) is 96.2 Å². The number of hydrogen-bond donors (Lipinski definition) is 0. The summed E-state index contributed by atoms with van der Waals surface area (Å²) in [6.07, 6.45) is 4.59. The number of nitrogens with zero attached hydrogens (tertiary/aromatic N) is 4. The molecule has 0 saturated carbocycles. The number of hydrogen-bond acceptors (Lipinski definition) is 6. The fourth-order valence-corrected chi connectivity index (χ4v) is 7.77. The van der Waals surface area contributed by atoms with Crippen molar-refractivity contribution in [3.05, 3.63) is 118 Å². The minimum atomic E-state index is -0.466. The largest absolute Gasteiger partial charge is 0.356 e. The van der Waals surface area contributed by atoms with Crippen LogP contribution >= 0.6 is 23.4 Å². The maximum absolute atomic E-state index is 13.4. The highest BCUT2D eigenvalue weighted by atomic mass is 35.5. The first-order valence-electron chi connectivity index (χ1n) is 15.8. The van der Waals surface area contributed by atoms with Crippen molar-refractivity contribution in [2.75, 3.05) is 31.1 Å². The number of anilines is 1. The predicted octanol–water partition coefficient (Wildman–Crippen LogP) is 7.64. The molecule has 6 nitrogen and oxygen atoms in total. The van der Waals surface area contributed by atoms with Gasteiger partial charge in [0.05, 0.1) is 5.41 Å². The summed E-state index contributed by atoms with van der Waals surface area (Å²) in [6, 6.07) is 30.4. The van der Waals surface area contributed by atoms with Gasteiger partial charge < -0.3 is 9.80 Å². The molecule has 2 aliphatic rings. The lowest BCUT2D eigenvalue weighted by molar-refractivity contribution is -0.123. The monoisotopic (exact) mass is 638 g/mol. The minimum absolute atomic E-state index is 0.101. The number of piperidine rings is 2. The number of Topliss-reactive ketones (excluding diaryl/α,β-unsaturated/α-hetero) is 1. The number of aromatic nitrogens is 2. The summed E-state index contributed by atoms with van der Waals surface area (Å²) in [6.45, 7) is 4.71. The van der Waals surface area contributed by atoms with E-state index in [1.54, 1.807) is 13.0 Å². The lowest BCUT2D eigenvalue weighted by Crippen LogP contribution is -2.47. The van der Waals surface area contributed by atoms with Gasteiger partial charge in [0.15, 0.2) is 5.16 Å². The molecule has 2 fully saturated rings. The van der Waals surface area contributed by atoms with Crippen LogP contribution in [-0.4, -0.2) is 52.7 Å². The van der Waals surface area contributed by atoms with Crippen molar-refractivity contribution in [2.45, 2.75) is 55.4 Å². The Morgan fingerprint density at radius 2 is 1.51 bits per heavy atom. The van der Waals surface area contributed by atoms with E-state index in [9.17, 15) is 9.59 Å². The number of likely N-dealkylation sites (tertiary alicyclic amines) is 1. The molecule has 2 aliphatic heterocycles. The molecule has 0 radical (unpaired) electrons. The molecule has 1 aromatic heterocycles. The number of thioether (sulfide) groups is 1. The SMILES string of the molecule is CC(=O)C1(c2ccccc2)CCN(c2cc(Cl)nc(SCc3cccc(C(=O)N4CCC(Cc5ccccc5)CC4)c3)n2)CC1. The van der Waals surface area contributed by atoms with Crippen molar-refractivity contribution in [3.8, 4) is 0 Å². The van der Waals surface area contributed by atoms with Gasteiger partial charge in [0.1, 0.15) is 16.8 Å². The topological polar surface area (TPSA) is 66.4 Å². The number of carbonyl (C=O) groups excluding carboxylic acids is 2. The third kappa shape index (κ3) is 7.42. The molecular formula is C37H39ClN4O2S. The number of carbonyl (C=O) groups is 2. The molecular weight excluding hydrogens is 600 g/mol. The van der Waals surface area contributed by atoms with Gasteiger partial charge in [0.25, 0.3) is 5.91 Å². The Balaban J connectivity index is 1.05. The van der Waals surface area contributed by atoms with E-state index in [1.807, 2.05) is 47.4 Å². The number of amides is 1. The van der Waals surface area contributed by atoms with Crippen molar-refractivity contribution >= 4 is 40.9 Å². The maximum atomic E-state index is 13.4. The Morgan fingerprint density at radius 3 is 2.20 bits per heavy atom. The van der Waals surface area contributed by atoms with Crippen LogP contribution in [0.2, 0.25) is 5.15 Å². The average Bonchev–Trinajstić information content (AvgIpc) is 3.08. The van der Waals surface area contributed by atoms with E-state index in [4.69, 9.17) is 16.6 Å². The second-order valence-electron chi connectivity index (χ2n) is 12.2. The molecule has 0 aliphatic carbocycles. The van der Waals surface area contributed by atoms with Crippen LogP contribution in [0.4, 0.5) is 5.82 Å². The molecule has 3 aromatic carbocycles. The molecule has 3 heterocycles. The predicted molar refractivity (Wildman–Crippen MR) is 182 cm³/mol. The zero-order valence-electron chi connectivity index (χ0n) is 25.7. The number of ketones is 1. The Kier molecular flexibility index (Phi) is 9.86. The summed E-state index contributed by atoms with van der Waals surface area (Å²) in [5, 5.41) is 0.995. The first kappa shape index (κ1) is 31.3. The molecule has 0 N–H and O–H groups in total. The fraction of sp³-hybridized carbons (Fsp3) is 0.351. The normalized spacial score (nSPS) is 16.8. The average molecular weight is 639 g/mol. The Labute approximate surface area is 275 Å². The molecule has 4 aromatic rings. The third-order valence-electron chi connectivity index (χ3n) is 9.41. The third-order valence-corrected chi connectivity index (χ3v) is 10.5. The van der Waals surface area contributed by atoms with Crippen molar-refractivity contribution in [1.29, 1.82) is 0 Å². The molecule has 45 heavy (non-hydrogen) atoms. The van der Waals surface area contributed by atoms with E-state index >= 15 is 0 Å². The van der Waals surface area contributed by atoms with Crippen molar-refractivity contribution in [3.63, 3.8) is 0 Å². The van der Waals surface area contributed by atoms with E-state index < -0.39 is 5.41 Å². The van der Waals surface area contributed by atoms with E-state index in [0.717, 1.165) is 67.7 Å². The number of halogens is 1. The second kappa shape index (κ2) is 14.2. The molecule has 0 unspecified atom stereocenters. The summed E-state index contributed by atoms with van der Waals surface area (Å²) in [5.41, 5.74) is 3.76. The summed E-state index contributed by atoms with van der Waals surface area (Å²) in [4.78, 5) is 39.7. The molecule has 232 valence electrons. The smallest absolute Gasteiger partial charge is 0.253 e. The van der Waals surface area contributed by atoms with Gasteiger partial charge >= 0.3 is 0 Å². The van der Waals surface area contributed by atoms with Gasteiger partial charge in [0.2, 0.25) is 0 Å². The summed E-state index contributed by atoms with van der Waals surface area (Å²) < 4.78 is 0. The van der Waals surface area contributed by atoms with E-state index in [0.29, 0.717) is 35.1 Å². The molecule has 0 bridgehead atoms. The van der Waals surface area contributed by atoms with Crippen LogP contribution in [-0.2, 0) is 22.4 Å². The first-order valence-corrected chi connectivity index (χ1v) is 17.2. The number of rotatable bonds is 9.